The van der Waals surface area contributed by atoms with Crippen LogP contribution in [0.15, 0.2) is 18.2 Å². The molecule has 1 aliphatic rings. The number of nitrogens with one attached hydrogen (secondary N) is 2. The van der Waals surface area contributed by atoms with E-state index in [1.807, 2.05) is 13.8 Å². The molecule has 0 spiro atoms. The van der Waals surface area contributed by atoms with Crippen LogP contribution in [0.5, 0.6) is 0 Å². The van der Waals surface area contributed by atoms with Gasteiger partial charge in [0.1, 0.15) is 0 Å². The van der Waals surface area contributed by atoms with Gasteiger partial charge in [0, 0.05) is 24.3 Å². The lowest BCUT2D eigenvalue weighted by Crippen LogP contribution is -2.58. The number of carbonyl (C=O) groups excluding carboxylic acids is 4. The number of hydrogen-bond acceptors (Lipinski definition) is 7. The first-order chi connectivity index (χ1) is 16.4. The van der Waals surface area contributed by atoms with Gasteiger partial charge in [-0.25, -0.2) is 0 Å². The molecule has 1 aromatic rings. The Kier molecular flexibility index (Phi) is 10.1. The molecule has 2 amide bonds. The second-order valence-corrected chi connectivity index (χ2v) is 9.58. The quantitative estimate of drug-likeness (QED) is 0.371. The third-order valence-corrected chi connectivity index (χ3v) is 5.93. The molecule has 2 atom stereocenters. The molecule has 13 heteroatoms. The highest BCUT2D eigenvalue weighted by Crippen LogP contribution is 2.36. The van der Waals surface area contributed by atoms with Crippen LogP contribution in [0, 0.1) is 5.92 Å². The maximum absolute atomic E-state index is 12.7. The molecule has 35 heavy (non-hydrogen) atoms. The van der Waals surface area contributed by atoms with Gasteiger partial charge in [-0.2, -0.15) is 0 Å². The van der Waals surface area contributed by atoms with Crippen molar-refractivity contribution >= 4 is 59.9 Å². The molecule has 3 N–H and O–H groups in total. The lowest BCUT2D eigenvalue weighted by Gasteiger charge is -2.39. The maximum atomic E-state index is 12.7. The van der Waals surface area contributed by atoms with Crippen LogP contribution in [0.4, 0.5) is 0 Å². The fourth-order valence-corrected chi connectivity index (χ4v) is 4.26. The largest absolute Gasteiger partial charge is 0.531 e. The van der Waals surface area contributed by atoms with Gasteiger partial charge in [-0.3, -0.25) is 24.0 Å². The summed E-state index contributed by atoms with van der Waals surface area (Å²) in [6, 6.07) is 4.36. The van der Waals surface area contributed by atoms with Gasteiger partial charge >= 0.3 is 13.1 Å². The van der Waals surface area contributed by atoms with E-state index in [1.165, 1.54) is 25.2 Å². The van der Waals surface area contributed by atoms with Crippen LogP contribution in [0.3, 0.4) is 0 Å². The first-order valence-electron chi connectivity index (χ1n) is 10.9. The Morgan fingerprint density at radius 1 is 1.23 bits per heavy atom. The number of carboxylic acid groups (broad SMARTS) is 1. The fourth-order valence-electron chi connectivity index (χ4n) is 3.88. The minimum Gasteiger partial charge on any atom is -0.509 e. The van der Waals surface area contributed by atoms with Crippen molar-refractivity contribution in [1.82, 2.24) is 10.6 Å². The molecule has 190 valence electrons. The van der Waals surface area contributed by atoms with Gasteiger partial charge in [-0.05, 0) is 30.5 Å². The second kappa shape index (κ2) is 12.4. The Morgan fingerprint density at radius 2 is 1.91 bits per heavy atom. The summed E-state index contributed by atoms with van der Waals surface area (Å²) in [5.41, 5.74) is -1.85. The minimum atomic E-state index is -1.96. The highest BCUT2D eigenvalue weighted by molar-refractivity contribution is 6.50. The number of aliphatic carboxylic acids is 1. The Hall–Kier alpha value is -2.63. The van der Waals surface area contributed by atoms with Crippen molar-refractivity contribution in [2.24, 2.45) is 5.92 Å². The van der Waals surface area contributed by atoms with E-state index in [2.05, 4.69) is 10.6 Å². The number of hydrogen-bond donors (Lipinski definition) is 3. The zero-order valence-electron chi connectivity index (χ0n) is 19.6. The zero-order valence-corrected chi connectivity index (χ0v) is 21.1. The number of Topliss-reactive ketones (excluding diaryl/α,β-unsaturated/α-hetero) is 1. The maximum Gasteiger partial charge on any atom is 0.531 e. The molecule has 1 heterocycles. The van der Waals surface area contributed by atoms with E-state index in [9.17, 15) is 29.1 Å². The van der Waals surface area contributed by atoms with Gasteiger partial charge in [-0.1, -0.05) is 37.0 Å². The molecule has 0 unspecified atom stereocenters. The summed E-state index contributed by atoms with van der Waals surface area (Å²) in [4.78, 5) is 61.4. The van der Waals surface area contributed by atoms with Crippen LogP contribution < -0.4 is 10.6 Å². The smallest absolute Gasteiger partial charge is 0.509 e. The van der Waals surface area contributed by atoms with Crippen molar-refractivity contribution in [3.05, 3.63) is 33.8 Å². The number of amides is 2. The molecule has 0 aliphatic carbocycles. The molecule has 10 nitrogen and oxygen atoms in total. The third-order valence-electron chi connectivity index (χ3n) is 5.36. The highest BCUT2D eigenvalue weighted by atomic mass is 35.5. The molecule has 0 aromatic heterocycles. The number of rotatable bonds is 11. The lowest BCUT2D eigenvalue weighted by molar-refractivity contribution is -0.164. The summed E-state index contributed by atoms with van der Waals surface area (Å²) in [6.45, 7) is 3.43. The van der Waals surface area contributed by atoms with Gasteiger partial charge < -0.3 is 25.0 Å². The predicted molar refractivity (Wildman–Crippen MR) is 128 cm³/mol. The molecule has 1 aliphatic heterocycles. The summed E-state index contributed by atoms with van der Waals surface area (Å²) in [6.07, 6.45) is -1.11. The van der Waals surface area contributed by atoms with Gasteiger partial charge in [0.25, 0.3) is 17.8 Å². The molecule has 1 aromatic carbocycles. The first-order valence-corrected chi connectivity index (χ1v) is 11.7. The first kappa shape index (κ1) is 28.6. The number of ketones is 1. The molecular weight excluding hydrogens is 502 g/mol. The molecule has 1 saturated heterocycles. The highest BCUT2D eigenvalue weighted by Gasteiger charge is 2.53. The minimum absolute atomic E-state index is 0.0470. The van der Waals surface area contributed by atoms with Crippen molar-refractivity contribution in [3.8, 4) is 0 Å². The number of carbonyl (C=O) groups is 5. The van der Waals surface area contributed by atoms with E-state index in [-0.39, 0.29) is 29.5 Å². The predicted octanol–water partition coefficient (Wildman–Crippen LogP) is 2.51. The Morgan fingerprint density at radius 3 is 2.51 bits per heavy atom. The number of benzene rings is 1. The van der Waals surface area contributed by atoms with Crippen LogP contribution in [0.25, 0.3) is 0 Å². The van der Waals surface area contributed by atoms with E-state index in [0.717, 1.165) is 0 Å². The second-order valence-electron chi connectivity index (χ2n) is 8.74. The summed E-state index contributed by atoms with van der Waals surface area (Å²) in [5.74, 6) is -4.54. The van der Waals surface area contributed by atoms with Crippen LogP contribution in [-0.2, 0) is 28.5 Å². The van der Waals surface area contributed by atoms with E-state index in [4.69, 9.17) is 32.5 Å². The van der Waals surface area contributed by atoms with Gasteiger partial charge in [0.2, 0.25) is 0 Å². The van der Waals surface area contributed by atoms with E-state index in [0.29, 0.717) is 11.4 Å². The molecular formula is C22H27BCl2N2O8. The zero-order chi connectivity index (χ0) is 26.3. The Balaban J connectivity index is 2.16. The molecule has 0 bridgehead atoms. The van der Waals surface area contributed by atoms with Gasteiger partial charge in [-0.15, -0.1) is 0 Å². The molecule has 1 fully saturated rings. The lowest BCUT2D eigenvalue weighted by atomic mass is 9.63. The average molecular weight is 529 g/mol. The van der Waals surface area contributed by atoms with Crippen LogP contribution >= 0.6 is 23.2 Å². The van der Waals surface area contributed by atoms with Crippen LogP contribution in [-0.4, -0.2) is 61.0 Å². The van der Waals surface area contributed by atoms with Crippen LogP contribution in [0.2, 0.25) is 15.9 Å². The monoisotopic (exact) mass is 528 g/mol. The van der Waals surface area contributed by atoms with Gasteiger partial charge in [0.05, 0.1) is 30.0 Å². The number of likely N-dealkylation sites (N-methyl/N-ethyl adjacent to an activating group) is 1. The van der Waals surface area contributed by atoms with E-state index < -0.39 is 60.9 Å². The van der Waals surface area contributed by atoms with Crippen molar-refractivity contribution in [3.63, 3.8) is 0 Å². The fraction of sp³-hybridized carbons (Fsp3) is 0.500. The molecule has 0 radical (unpaired) electrons. The Labute approximate surface area is 213 Å². The SMILES string of the molecule is CNC(=O)[C@@]1(CC(=O)O)CC(=O)OB([C@@H](CC(=O)CNC(=O)c2cc(Cl)ccc2Cl)CC(C)C)O1. The van der Waals surface area contributed by atoms with Gasteiger partial charge in [0.15, 0.2) is 11.4 Å². The van der Waals surface area contributed by atoms with Crippen molar-refractivity contribution in [2.75, 3.05) is 13.6 Å². The summed E-state index contributed by atoms with van der Waals surface area (Å²) in [5, 5.41) is 14.6. The van der Waals surface area contributed by atoms with Crippen LogP contribution in [0.1, 0.15) is 49.9 Å². The Bertz CT molecular complexity index is 1000. The average Bonchev–Trinajstić information content (AvgIpc) is 2.76. The normalized spacial score (nSPS) is 18.6. The summed E-state index contributed by atoms with van der Waals surface area (Å²) in [7, 11) is -0.0221. The topological polar surface area (TPSA) is 148 Å². The van der Waals surface area contributed by atoms with Crippen molar-refractivity contribution in [2.45, 2.75) is 50.9 Å². The number of carboxylic acids is 1. The summed E-state index contributed by atoms with van der Waals surface area (Å²) >= 11 is 11.9. The molecule has 0 saturated carbocycles. The van der Waals surface area contributed by atoms with Crippen molar-refractivity contribution in [1.29, 1.82) is 0 Å². The summed E-state index contributed by atoms with van der Waals surface area (Å²) < 4.78 is 11.1. The van der Waals surface area contributed by atoms with Crippen molar-refractivity contribution < 1.29 is 38.4 Å². The third kappa shape index (κ3) is 7.94. The molecule has 2 rings (SSSR count). The van der Waals surface area contributed by atoms with E-state index in [1.54, 1.807) is 0 Å². The van der Waals surface area contributed by atoms with E-state index >= 15 is 0 Å². The standard InChI is InChI=1S/C22H27BCl2N2O8/c1-12(2)6-13(7-15(28)11-27-20(32)16-8-14(24)4-5-17(16)25)23-34-19(31)10-22(35-23,9-18(29)30)21(33)26-3/h4-5,8,12-13H,6-7,9-11H2,1-3H3,(H,26,33)(H,27,32)(H,29,30)/t13-,22-/m1/s1. The number of halogens is 2.